The van der Waals surface area contributed by atoms with Gasteiger partial charge in [0.15, 0.2) is 0 Å². The molecule has 1 aromatic rings. The van der Waals surface area contributed by atoms with Gasteiger partial charge in [-0.1, -0.05) is 0 Å². The maximum absolute atomic E-state index is 12.6. The molecule has 2 N–H and O–H groups in total. The van der Waals surface area contributed by atoms with Crippen molar-refractivity contribution in [1.29, 1.82) is 0 Å². The van der Waals surface area contributed by atoms with Gasteiger partial charge in [-0.25, -0.2) is 0 Å². The molecule has 0 bridgehead atoms. The quantitative estimate of drug-likeness (QED) is 0.871. The van der Waals surface area contributed by atoms with Crippen molar-refractivity contribution in [2.45, 2.75) is 31.7 Å². The van der Waals surface area contributed by atoms with E-state index < -0.39 is 0 Å². The Bertz CT molecular complexity index is 482. The van der Waals surface area contributed by atoms with Crippen LogP contribution >= 0.6 is 0 Å². The lowest BCUT2D eigenvalue weighted by molar-refractivity contribution is 0.0703. The van der Waals surface area contributed by atoms with E-state index in [2.05, 4.69) is 10.3 Å². The van der Waals surface area contributed by atoms with Gasteiger partial charge in [0, 0.05) is 18.8 Å². The number of pyridine rings is 1. The average Bonchev–Trinajstić information content (AvgIpc) is 3.30. The van der Waals surface area contributed by atoms with Crippen LogP contribution in [0.5, 0.6) is 5.75 Å². The molecule has 5 nitrogen and oxygen atoms in total. The van der Waals surface area contributed by atoms with Gasteiger partial charge in [-0.05, 0) is 50.8 Å². The van der Waals surface area contributed by atoms with Gasteiger partial charge in [-0.15, -0.1) is 0 Å². The lowest BCUT2D eigenvalue weighted by Crippen LogP contribution is -2.42. The van der Waals surface area contributed by atoms with Gasteiger partial charge in [0.05, 0.1) is 11.8 Å². The molecule has 0 aromatic carbocycles. The van der Waals surface area contributed by atoms with Crippen molar-refractivity contribution in [1.82, 2.24) is 15.2 Å². The average molecular weight is 275 g/mol. The number of carbonyl (C=O) groups is 1. The number of nitrogens with zero attached hydrogens (tertiary/aromatic N) is 2. The molecule has 2 heterocycles. The smallest absolute Gasteiger partial charge is 0.255 e. The number of hydrogen-bond donors (Lipinski definition) is 2. The summed E-state index contributed by atoms with van der Waals surface area (Å²) in [4.78, 5) is 18.5. The Hall–Kier alpha value is -1.62. The molecular formula is C15H21N3O2. The van der Waals surface area contributed by atoms with E-state index in [0.29, 0.717) is 17.5 Å². The monoisotopic (exact) mass is 275 g/mol. The second-order valence-electron chi connectivity index (χ2n) is 5.83. The number of aromatic hydroxyl groups is 1. The maximum atomic E-state index is 12.6. The van der Waals surface area contributed by atoms with Crippen molar-refractivity contribution in [2.24, 2.45) is 5.92 Å². The van der Waals surface area contributed by atoms with Crippen LogP contribution in [0.15, 0.2) is 18.5 Å². The predicted molar refractivity (Wildman–Crippen MR) is 75.6 cm³/mol. The second-order valence-corrected chi connectivity index (χ2v) is 5.83. The van der Waals surface area contributed by atoms with E-state index in [9.17, 15) is 9.90 Å². The summed E-state index contributed by atoms with van der Waals surface area (Å²) in [6, 6.07) is 1.89. The second kappa shape index (κ2) is 5.79. The number of piperidine rings is 1. The van der Waals surface area contributed by atoms with Gasteiger partial charge in [0.25, 0.3) is 5.91 Å². The van der Waals surface area contributed by atoms with E-state index in [1.54, 1.807) is 0 Å². The first kappa shape index (κ1) is 13.4. The zero-order chi connectivity index (χ0) is 13.9. The summed E-state index contributed by atoms with van der Waals surface area (Å²) in [6.45, 7) is 2.89. The highest BCUT2D eigenvalue weighted by molar-refractivity contribution is 5.94. The highest BCUT2D eigenvalue weighted by atomic mass is 16.3. The largest absolute Gasteiger partial charge is 0.506 e. The first-order valence-corrected chi connectivity index (χ1v) is 7.40. The molecule has 1 aromatic heterocycles. The minimum atomic E-state index is 0.00136. The molecule has 1 amide bonds. The molecule has 3 rings (SSSR count). The van der Waals surface area contributed by atoms with Crippen LogP contribution < -0.4 is 5.32 Å². The number of rotatable bonds is 4. The van der Waals surface area contributed by atoms with E-state index in [1.807, 2.05) is 4.90 Å². The molecule has 108 valence electrons. The van der Waals surface area contributed by atoms with E-state index in [-0.39, 0.29) is 11.7 Å². The molecule has 1 unspecified atom stereocenters. The van der Waals surface area contributed by atoms with Crippen molar-refractivity contribution < 1.29 is 9.90 Å². The van der Waals surface area contributed by atoms with Gasteiger partial charge in [-0.3, -0.25) is 9.78 Å². The van der Waals surface area contributed by atoms with E-state index >= 15 is 0 Å². The number of aromatic nitrogens is 1. The lowest BCUT2D eigenvalue weighted by Gasteiger charge is -2.30. The van der Waals surface area contributed by atoms with Crippen molar-refractivity contribution in [2.75, 3.05) is 19.6 Å². The molecule has 2 fully saturated rings. The Morgan fingerprint density at radius 1 is 1.40 bits per heavy atom. The first-order valence-electron chi connectivity index (χ1n) is 7.40. The van der Waals surface area contributed by atoms with Crippen molar-refractivity contribution in [3.8, 4) is 5.75 Å². The zero-order valence-corrected chi connectivity index (χ0v) is 11.6. The molecule has 2 aliphatic rings. The summed E-state index contributed by atoms with van der Waals surface area (Å²) in [5.74, 6) is 0.589. The van der Waals surface area contributed by atoms with Crippen molar-refractivity contribution >= 4 is 5.91 Å². The SMILES string of the molecule is O=C(c1cncc(O)c1)N(CC1CCCNC1)C1CC1. The molecule has 1 aliphatic carbocycles. The van der Waals surface area contributed by atoms with Crippen LogP contribution in [0.4, 0.5) is 0 Å². The first-order chi connectivity index (χ1) is 9.74. The molecule has 1 atom stereocenters. The number of nitrogens with one attached hydrogen (secondary N) is 1. The van der Waals surface area contributed by atoms with Crippen LogP contribution in [-0.4, -0.2) is 46.6 Å². The molecule has 0 spiro atoms. The number of hydrogen-bond acceptors (Lipinski definition) is 4. The van der Waals surface area contributed by atoms with Crippen LogP contribution in [-0.2, 0) is 0 Å². The Labute approximate surface area is 119 Å². The molecule has 1 aliphatic heterocycles. The fraction of sp³-hybridized carbons (Fsp3) is 0.600. The van der Waals surface area contributed by atoms with E-state index in [1.165, 1.54) is 31.3 Å². The standard InChI is InChI=1S/C15H21N3O2/c19-14-6-12(8-17-9-14)15(20)18(13-3-4-13)10-11-2-1-5-16-7-11/h6,8-9,11,13,16,19H,1-5,7,10H2. The topological polar surface area (TPSA) is 65.5 Å². The van der Waals surface area contributed by atoms with Crippen molar-refractivity contribution in [3.63, 3.8) is 0 Å². The summed E-state index contributed by atoms with van der Waals surface area (Å²) in [5, 5.41) is 12.9. The molecule has 20 heavy (non-hydrogen) atoms. The highest BCUT2D eigenvalue weighted by Gasteiger charge is 2.34. The van der Waals surface area contributed by atoms with Crippen LogP contribution in [0.1, 0.15) is 36.0 Å². The summed E-state index contributed by atoms with van der Waals surface area (Å²) >= 11 is 0. The Kier molecular flexibility index (Phi) is 3.87. The van der Waals surface area contributed by atoms with E-state index in [4.69, 9.17) is 0 Å². The fourth-order valence-electron chi connectivity index (χ4n) is 2.85. The molecule has 1 saturated heterocycles. The molecule has 0 radical (unpaired) electrons. The Balaban J connectivity index is 1.71. The summed E-state index contributed by atoms with van der Waals surface area (Å²) in [6.07, 6.45) is 7.45. The molecular weight excluding hydrogens is 254 g/mol. The van der Waals surface area contributed by atoms with Crippen LogP contribution in [0.25, 0.3) is 0 Å². The normalized spacial score (nSPS) is 22.5. The molecule has 1 saturated carbocycles. The van der Waals surface area contributed by atoms with E-state index in [0.717, 1.165) is 32.5 Å². The van der Waals surface area contributed by atoms with Gasteiger partial charge < -0.3 is 15.3 Å². The molecule has 5 heteroatoms. The number of carbonyl (C=O) groups excluding carboxylic acids is 1. The summed E-state index contributed by atoms with van der Waals surface area (Å²) in [7, 11) is 0. The zero-order valence-electron chi connectivity index (χ0n) is 11.6. The fourth-order valence-corrected chi connectivity index (χ4v) is 2.85. The summed E-state index contributed by atoms with van der Waals surface area (Å²) in [5.41, 5.74) is 0.487. The van der Waals surface area contributed by atoms with Gasteiger partial charge in [0.1, 0.15) is 5.75 Å². The van der Waals surface area contributed by atoms with Gasteiger partial charge in [0.2, 0.25) is 0 Å². The lowest BCUT2D eigenvalue weighted by atomic mass is 9.98. The highest BCUT2D eigenvalue weighted by Crippen LogP contribution is 2.30. The van der Waals surface area contributed by atoms with Gasteiger partial charge in [-0.2, -0.15) is 0 Å². The van der Waals surface area contributed by atoms with Crippen LogP contribution in [0.3, 0.4) is 0 Å². The predicted octanol–water partition coefficient (Wildman–Crippen LogP) is 1.39. The minimum Gasteiger partial charge on any atom is -0.506 e. The third-order valence-electron chi connectivity index (χ3n) is 4.07. The third kappa shape index (κ3) is 3.10. The minimum absolute atomic E-state index is 0.00136. The van der Waals surface area contributed by atoms with Crippen LogP contribution in [0, 0.1) is 5.92 Å². The van der Waals surface area contributed by atoms with Crippen LogP contribution in [0.2, 0.25) is 0 Å². The summed E-state index contributed by atoms with van der Waals surface area (Å²) < 4.78 is 0. The third-order valence-corrected chi connectivity index (χ3v) is 4.07. The van der Waals surface area contributed by atoms with Crippen molar-refractivity contribution in [3.05, 3.63) is 24.0 Å². The number of amides is 1. The Morgan fingerprint density at radius 2 is 2.25 bits per heavy atom. The van der Waals surface area contributed by atoms with Gasteiger partial charge >= 0.3 is 0 Å². The maximum Gasteiger partial charge on any atom is 0.255 e. The Morgan fingerprint density at radius 3 is 2.90 bits per heavy atom.